The predicted octanol–water partition coefficient (Wildman–Crippen LogP) is 1.84. The molecule has 30 heavy (non-hydrogen) atoms. The highest BCUT2D eigenvalue weighted by atomic mass is 19.1. The molecule has 0 aliphatic carbocycles. The number of hydrazone groups is 1. The molecule has 1 fully saturated rings. The maximum atomic E-state index is 15.0. The molecule has 4 rings (SSSR count). The molecular weight excluding hydrogens is 394 g/mol. The van der Waals surface area contributed by atoms with Gasteiger partial charge in [0.15, 0.2) is 0 Å². The van der Waals surface area contributed by atoms with Crippen LogP contribution in [0.4, 0.5) is 14.6 Å². The molecule has 0 spiro atoms. The Bertz CT molecular complexity index is 1000. The SMILES string of the molecule is NC(=O)c1cc(N2CC[C@@H](C(=O)N3N=CC[C@H]3c3cccc(F)c3)[C@@H](F)C2)ncn1. The van der Waals surface area contributed by atoms with Gasteiger partial charge in [0.05, 0.1) is 18.5 Å². The largest absolute Gasteiger partial charge is 0.364 e. The standard InChI is InChI=1S/C20H20F2N6O2/c21-13-3-1-2-12(8-13)17-4-6-26-28(17)20(30)14-5-7-27(10-15(14)22)18-9-16(19(23)29)24-11-25-18/h1-3,6,8-9,11,14-15,17H,4-5,7,10H2,(H2,23,29)/t14-,15+,17+/m1/s1. The van der Waals surface area contributed by atoms with E-state index in [2.05, 4.69) is 15.1 Å². The van der Waals surface area contributed by atoms with Crippen molar-refractivity contribution in [3.05, 3.63) is 53.7 Å². The van der Waals surface area contributed by atoms with Gasteiger partial charge in [0, 0.05) is 25.2 Å². The maximum Gasteiger partial charge on any atom is 0.267 e. The third-order valence-electron chi connectivity index (χ3n) is 5.38. The molecule has 2 N–H and O–H groups in total. The van der Waals surface area contributed by atoms with Crippen molar-refractivity contribution < 1.29 is 18.4 Å². The summed E-state index contributed by atoms with van der Waals surface area (Å²) < 4.78 is 28.6. The van der Waals surface area contributed by atoms with Gasteiger partial charge in [-0.25, -0.2) is 23.8 Å². The summed E-state index contributed by atoms with van der Waals surface area (Å²) in [6.07, 6.45) is 2.02. The first-order chi connectivity index (χ1) is 14.4. The summed E-state index contributed by atoms with van der Waals surface area (Å²) in [5.41, 5.74) is 5.89. The molecule has 1 saturated heterocycles. The summed E-state index contributed by atoms with van der Waals surface area (Å²) >= 11 is 0. The fourth-order valence-electron chi connectivity index (χ4n) is 3.83. The first kappa shape index (κ1) is 19.9. The van der Waals surface area contributed by atoms with Crippen LogP contribution < -0.4 is 10.6 Å². The zero-order chi connectivity index (χ0) is 21.3. The van der Waals surface area contributed by atoms with E-state index in [-0.39, 0.29) is 18.7 Å². The average molecular weight is 414 g/mol. The Morgan fingerprint density at radius 2 is 2.03 bits per heavy atom. The minimum absolute atomic E-state index is 0.0398. The van der Waals surface area contributed by atoms with E-state index in [0.717, 1.165) is 0 Å². The van der Waals surface area contributed by atoms with Crippen molar-refractivity contribution in [3.63, 3.8) is 0 Å². The molecule has 0 bridgehead atoms. The van der Waals surface area contributed by atoms with Crippen LogP contribution in [0.25, 0.3) is 0 Å². The number of hydrogen-bond acceptors (Lipinski definition) is 6. The summed E-state index contributed by atoms with van der Waals surface area (Å²) in [4.78, 5) is 33.9. The molecule has 2 aliphatic rings. The molecule has 1 aromatic carbocycles. The fourth-order valence-corrected chi connectivity index (χ4v) is 3.83. The van der Waals surface area contributed by atoms with Crippen LogP contribution in [-0.4, -0.2) is 52.3 Å². The van der Waals surface area contributed by atoms with Crippen LogP contribution >= 0.6 is 0 Å². The number of halogens is 2. The van der Waals surface area contributed by atoms with Crippen LogP contribution in [0, 0.1) is 11.7 Å². The van der Waals surface area contributed by atoms with Gasteiger partial charge in [0.2, 0.25) is 5.91 Å². The summed E-state index contributed by atoms with van der Waals surface area (Å²) in [5, 5.41) is 5.39. The third-order valence-corrected chi connectivity index (χ3v) is 5.38. The summed E-state index contributed by atoms with van der Waals surface area (Å²) in [7, 11) is 0. The number of aromatic nitrogens is 2. The molecule has 2 amide bonds. The number of carbonyl (C=O) groups is 2. The van der Waals surface area contributed by atoms with Crippen molar-refractivity contribution in [3.8, 4) is 0 Å². The number of nitrogens with zero attached hydrogens (tertiary/aromatic N) is 5. The number of anilines is 1. The van der Waals surface area contributed by atoms with Gasteiger partial charge in [-0.3, -0.25) is 9.59 Å². The molecule has 10 heteroatoms. The van der Waals surface area contributed by atoms with Crippen LogP contribution in [0.15, 0.2) is 41.8 Å². The number of amides is 2. The van der Waals surface area contributed by atoms with Gasteiger partial charge in [-0.2, -0.15) is 5.10 Å². The van der Waals surface area contributed by atoms with E-state index in [0.29, 0.717) is 24.3 Å². The van der Waals surface area contributed by atoms with Crippen LogP contribution in [0.2, 0.25) is 0 Å². The molecule has 0 saturated carbocycles. The Balaban J connectivity index is 1.47. The zero-order valence-corrected chi connectivity index (χ0v) is 16.0. The van der Waals surface area contributed by atoms with E-state index < -0.39 is 35.8 Å². The quantitative estimate of drug-likeness (QED) is 0.822. The lowest BCUT2D eigenvalue weighted by molar-refractivity contribution is -0.140. The number of alkyl halides is 1. The Hall–Kier alpha value is -3.43. The van der Waals surface area contributed by atoms with Gasteiger partial charge in [-0.05, 0) is 24.1 Å². The van der Waals surface area contributed by atoms with E-state index >= 15 is 4.39 Å². The molecule has 0 radical (unpaired) electrons. The minimum atomic E-state index is -1.46. The predicted molar refractivity (Wildman–Crippen MR) is 105 cm³/mol. The van der Waals surface area contributed by atoms with Gasteiger partial charge >= 0.3 is 0 Å². The number of hydrogen-bond donors (Lipinski definition) is 1. The molecule has 2 aromatic rings. The van der Waals surface area contributed by atoms with Crippen molar-refractivity contribution in [2.75, 3.05) is 18.0 Å². The minimum Gasteiger partial charge on any atom is -0.364 e. The molecule has 1 aromatic heterocycles. The summed E-state index contributed by atoms with van der Waals surface area (Å²) in [6, 6.07) is 6.95. The molecular formula is C20H20F2N6O2. The van der Waals surface area contributed by atoms with E-state index in [1.54, 1.807) is 23.2 Å². The second-order valence-electron chi connectivity index (χ2n) is 7.27. The highest BCUT2D eigenvalue weighted by Crippen LogP contribution is 2.33. The van der Waals surface area contributed by atoms with Crippen molar-refractivity contribution in [1.82, 2.24) is 15.0 Å². The third kappa shape index (κ3) is 3.85. The Kier molecular flexibility index (Phi) is 5.39. The average Bonchev–Trinajstić information content (AvgIpc) is 3.23. The van der Waals surface area contributed by atoms with Crippen molar-refractivity contribution in [1.29, 1.82) is 0 Å². The lowest BCUT2D eigenvalue weighted by atomic mass is 9.92. The zero-order valence-electron chi connectivity index (χ0n) is 16.0. The molecule has 8 nitrogen and oxygen atoms in total. The topological polar surface area (TPSA) is 105 Å². The molecule has 156 valence electrons. The van der Waals surface area contributed by atoms with Crippen molar-refractivity contribution in [2.45, 2.75) is 25.1 Å². The molecule has 3 heterocycles. The first-order valence-corrected chi connectivity index (χ1v) is 9.56. The number of nitrogens with two attached hydrogens (primary N) is 1. The highest BCUT2D eigenvalue weighted by molar-refractivity contribution is 5.91. The summed E-state index contributed by atoms with van der Waals surface area (Å²) in [5.74, 6) is -2.01. The van der Waals surface area contributed by atoms with Crippen molar-refractivity contribution >= 4 is 23.8 Å². The number of primary amides is 1. The fraction of sp³-hybridized carbons (Fsp3) is 0.350. The molecule has 3 atom stereocenters. The van der Waals surface area contributed by atoms with Crippen LogP contribution in [0.3, 0.4) is 0 Å². The van der Waals surface area contributed by atoms with Gasteiger partial charge in [-0.15, -0.1) is 0 Å². The Morgan fingerprint density at radius 1 is 1.20 bits per heavy atom. The van der Waals surface area contributed by atoms with Gasteiger partial charge in [0.1, 0.15) is 29.8 Å². The van der Waals surface area contributed by atoms with Gasteiger partial charge in [0.25, 0.3) is 5.91 Å². The van der Waals surface area contributed by atoms with E-state index in [1.807, 2.05) is 0 Å². The first-order valence-electron chi connectivity index (χ1n) is 9.56. The molecule has 2 aliphatic heterocycles. The van der Waals surface area contributed by atoms with Crippen LogP contribution in [0.1, 0.15) is 34.9 Å². The maximum absolute atomic E-state index is 15.0. The van der Waals surface area contributed by atoms with E-state index in [1.165, 1.54) is 29.5 Å². The molecule has 0 unspecified atom stereocenters. The Labute approximate surface area is 171 Å². The van der Waals surface area contributed by atoms with Gasteiger partial charge in [-0.1, -0.05) is 12.1 Å². The van der Waals surface area contributed by atoms with E-state index in [4.69, 9.17) is 5.73 Å². The lowest BCUT2D eigenvalue weighted by Crippen LogP contribution is -2.48. The smallest absolute Gasteiger partial charge is 0.267 e. The highest BCUT2D eigenvalue weighted by Gasteiger charge is 2.40. The van der Waals surface area contributed by atoms with Gasteiger partial charge < -0.3 is 10.6 Å². The second-order valence-corrected chi connectivity index (χ2v) is 7.27. The lowest BCUT2D eigenvalue weighted by Gasteiger charge is -2.36. The number of benzene rings is 1. The van der Waals surface area contributed by atoms with Crippen LogP contribution in [-0.2, 0) is 4.79 Å². The van der Waals surface area contributed by atoms with Crippen LogP contribution in [0.5, 0.6) is 0 Å². The normalized spacial score (nSPS) is 23.6. The Morgan fingerprint density at radius 3 is 2.77 bits per heavy atom. The van der Waals surface area contributed by atoms with E-state index in [9.17, 15) is 14.0 Å². The van der Waals surface area contributed by atoms with Crippen molar-refractivity contribution in [2.24, 2.45) is 16.8 Å². The number of carbonyl (C=O) groups excluding carboxylic acids is 2. The summed E-state index contributed by atoms with van der Waals surface area (Å²) in [6.45, 7) is 0.308. The monoisotopic (exact) mass is 414 g/mol. The second kappa shape index (κ2) is 8.13. The number of piperidine rings is 1. The number of rotatable bonds is 4.